The van der Waals surface area contributed by atoms with Gasteiger partial charge < -0.3 is 16.0 Å². The van der Waals surface area contributed by atoms with E-state index < -0.39 is 0 Å². The first kappa shape index (κ1) is 15.8. The SMILES string of the molecule is CCCCNC(=NC)NCC(=O)NC1CCCCC1. The Kier molecular flexibility index (Phi) is 8.02. The molecule has 5 nitrogen and oxygen atoms in total. The van der Waals surface area contributed by atoms with Gasteiger partial charge in [-0.3, -0.25) is 9.79 Å². The van der Waals surface area contributed by atoms with Crippen molar-refractivity contribution < 1.29 is 4.79 Å². The van der Waals surface area contributed by atoms with Gasteiger partial charge in [0, 0.05) is 19.6 Å². The normalized spacial score (nSPS) is 17.1. The second-order valence-electron chi connectivity index (χ2n) is 5.11. The Bertz CT molecular complexity index is 285. The second-order valence-corrected chi connectivity index (χ2v) is 5.11. The Labute approximate surface area is 116 Å². The molecule has 0 unspecified atom stereocenters. The Morgan fingerprint density at radius 3 is 2.58 bits per heavy atom. The summed E-state index contributed by atoms with van der Waals surface area (Å²) in [6.45, 7) is 3.33. The number of hydrogen-bond acceptors (Lipinski definition) is 2. The van der Waals surface area contributed by atoms with Crippen LogP contribution in [0, 0.1) is 0 Å². The standard InChI is InChI=1S/C14H28N4O/c1-3-4-10-16-14(15-2)17-11-13(19)18-12-8-6-5-7-9-12/h12H,3-11H2,1-2H3,(H,18,19)(H2,15,16,17). The van der Waals surface area contributed by atoms with Gasteiger partial charge in [-0.25, -0.2) is 0 Å². The highest BCUT2D eigenvalue weighted by atomic mass is 16.2. The van der Waals surface area contributed by atoms with Gasteiger partial charge in [-0.1, -0.05) is 32.6 Å². The minimum atomic E-state index is 0.0605. The highest BCUT2D eigenvalue weighted by molar-refractivity contribution is 5.86. The molecule has 5 heteroatoms. The quantitative estimate of drug-likeness (QED) is 0.387. The van der Waals surface area contributed by atoms with Crippen molar-refractivity contribution in [1.82, 2.24) is 16.0 Å². The van der Waals surface area contributed by atoms with E-state index in [0.717, 1.165) is 32.2 Å². The van der Waals surface area contributed by atoms with Crippen LogP contribution in [0.25, 0.3) is 0 Å². The third-order valence-electron chi connectivity index (χ3n) is 3.43. The van der Waals surface area contributed by atoms with E-state index >= 15 is 0 Å². The number of nitrogens with zero attached hydrogens (tertiary/aromatic N) is 1. The fourth-order valence-electron chi connectivity index (χ4n) is 2.29. The summed E-state index contributed by atoms with van der Waals surface area (Å²) in [7, 11) is 1.72. The maximum atomic E-state index is 11.8. The van der Waals surface area contributed by atoms with Gasteiger partial charge in [0.2, 0.25) is 5.91 Å². The Balaban J connectivity index is 2.16. The van der Waals surface area contributed by atoms with Crippen molar-refractivity contribution in [3.05, 3.63) is 0 Å². The number of unbranched alkanes of at least 4 members (excludes halogenated alkanes) is 1. The number of aliphatic imine (C=N–C) groups is 1. The number of carbonyl (C=O) groups is 1. The molecule has 0 aromatic carbocycles. The Hall–Kier alpha value is -1.26. The van der Waals surface area contributed by atoms with Crippen molar-refractivity contribution in [2.75, 3.05) is 20.1 Å². The molecule has 0 heterocycles. The van der Waals surface area contributed by atoms with Crippen molar-refractivity contribution >= 4 is 11.9 Å². The first-order valence-electron chi connectivity index (χ1n) is 7.50. The largest absolute Gasteiger partial charge is 0.356 e. The molecule has 1 aliphatic rings. The molecule has 1 fully saturated rings. The summed E-state index contributed by atoms with van der Waals surface area (Å²) >= 11 is 0. The fourth-order valence-corrected chi connectivity index (χ4v) is 2.29. The topological polar surface area (TPSA) is 65.5 Å². The smallest absolute Gasteiger partial charge is 0.239 e. The Morgan fingerprint density at radius 1 is 1.21 bits per heavy atom. The molecule has 0 atom stereocenters. The van der Waals surface area contributed by atoms with Crippen LogP contribution in [0.3, 0.4) is 0 Å². The molecule has 3 N–H and O–H groups in total. The van der Waals surface area contributed by atoms with E-state index in [9.17, 15) is 4.79 Å². The van der Waals surface area contributed by atoms with Gasteiger partial charge in [-0.15, -0.1) is 0 Å². The van der Waals surface area contributed by atoms with Gasteiger partial charge in [-0.05, 0) is 19.3 Å². The average molecular weight is 268 g/mol. The first-order chi connectivity index (χ1) is 9.26. The number of guanidine groups is 1. The number of hydrogen-bond donors (Lipinski definition) is 3. The molecular weight excluding hydrogens is 240 g/mol. The van der Waals surface area contributed by atoms with Gasteiger partial charge in [0.1, 0.15) is 0 Å². The lowest BCUT2D eigenvalue weighted by Gasteiger charge is -2.23. The fraction of sp³-hybridized carbons (Fsp3) is 0.857. The third kappa shape index (κ3) is 7.03. The minimum Gasteiger partial charge on any atom is -0.356 e. The van der Waals surface area contributed by atoms with E-state index in [4.69, 9.17) is 0 Å². The molecule has 1 saturated carbocycles. The van der Waals surface area contributed by atoms with Crippen LogP contribution in [0.2, 0.25) is 0 Å². The monoisotopic (exact) mass is 268 g/mol. The zero-order valence-electron chi connectivity index (χ0n) is 12.3. The van der Waals surface area contributed by atoms with Gasteiger partial charge in [0.05, 0.1) is 6.54 Å². The lowest BCUT2D eigenvalue weighted by atomic mass is 9.95. The highest BCUT2D eigenvalue weighted by Gasteiger charge is 2.15. The van der Waals surface area contributed by atoms with Crippen molar-refractivity contribution in [2.45, 2.75) is 57.9 Å². The van der Waals surface area contributed by atoms with E-state index in [1.807, 2.05) is 0 Å². The van der Waals surface area contributed by atoms with E-state index in [1.54, 1.807) is 7.05 Å². The predicted molar refractivity (Wildman–Crippen MR) is 79.3 cm³/mol. The van der Waals surface area contributed by atoms with E-state index in [2.05, 4.69) is 27.9 Å². The maximum Gasteiger partial charge on any atom is 0.239 e. The number of amides is 1. The highest BCUT2D eigenvalue weighted by Crippen LogP contribution is 2.16. The second kappa shape index (κ2) is 9.64. The van der Waals surface area contributed by atoms with Crippen LogP contribution in [0.5, 0.6) is 0 Å². The lowest BCUT2D eigenvalue weighted by molar-refractivity contribution is -0.120. The van der Waals surface area contributed by atoms with Crippen LogP contribution >= 0.6 is 0 Å². The summed E-state index contributed by atoms with van der Waals surface area (Å²) in [6.07, 6.45) is 8.27. The lowest BCUT2D eigenvalue weighted by Crippen LogP contribution is -2.46. The van der Waals surface area contributed by atoms with Crippen molar-refractivity contribution in [3.8, 4) is 0 Å². The summed E-state index contributed by atoms with van der Waals surface area (Å²) in [4.78, 5) is 15.9. The molecule has 19 heavy (non-hydrogen) atoms. The number of carbonyl (C=O) groups excluding carboxylic acids is 1. The van der Waals surface area contributed by atoms with Gasteiger partial charge in [0.25, 0.3) is 0 Å². The summed E-state index contributed by atoms with van der Waals surface area (Å²) < 4.78 is 0. The number of nitrogens with one attached hydrogen (secondary N) is 3. The summed E-state index contributed by atoms with van der Waals surface area (Å²) in [5.41, 5.74) is 0. The van der Waals surface area contributed by atoms with Gasteiger partial charge in [0.15, 0.2) is 5.96 Å². The van der Waals surface area contributed by atoms with E-state index in [-0.39, 0.29) is 5.91 Å². The molecule has 1 amide bonds. The van der Waals surface area contributed by atoms with Crippen molar-refractivity contribution in [2.24, 2.45) is 4.99 Å². The minimum absolute atomic E-state index is 0.0605. The molecule has 1 rings (SSSR count). The Morgan fingerprint density at radius 2 is 1.95 bits per heavy atom. The van der Waals surface area contributed by atoms with Crippen molar-refractivity contribution in [3.63, 3.8) is 0 Å². The molecular formula is C14H28N4O. The molecule has 1 aliphatic carbocycles. The van der Waals surface area contributed by atoms with Crippen LogP contribution in [-0.4, -0.2) is 38.0 Å². The molecule has 0 saturated heterocycles. The molecule has 110 valence electrons. The zero-order valence-corrected chi connectivity index (χ0v) is 12.3. The summed E-state index contributed by atoms with van der Waals surface area (Å²) in [6, 6.07) is 0.373. The predicted octanol–water partition coefficient (Wildman–Crippen LogP) is 1.40. The maximum absolute atomic E-state index is 11.8. The van der Waals surface area contributed by atoms with E-state index in [0.29, 0.717) is 18.5 Å². The van der Waals surface area contributed by atoms with Crippen LogP contribution < -0.4 is 16.0 Å². The molecule has 0 aromatic heterocycles. The summed E-state index contributed by atoms with van der Waals surface area (Å²) in [5.74, 6) is 0.762. The molecule has 0 aliphatic heterocycles. The number of rotatable bonds is 6. The van der Waals surface area contributed by atoms with Crippen molar-refractivity contribution in [1.29, 1.82) is 0 Å². The molecule has 0 spiro atoms. The first-order valence-corrected chi connectivity index (χ1v) is 7.50. The van der Waals surface area contributed by atoms with Crippen LogP contribution in [0.15, 0.2) is 4.99 Å². The molecule has 0 bridgehead atoms. The molecule has 0 aromatic rings. The van der Waals surface area contributed by atoms with Crippen LogP contribution in [0.1, 0.15) is 51.9 Å². The zero-order chi connectivity index (χ0) is 13.9. The third-order valence-corrected chi connectivity index (χ3v) is 3.43. The van der Waals surface area contributed by atoms with Crippen LogP contribution in [0.4, 0.5) is 0 Å². The van der Waals surface area contributed by atoms with Gasteiger partial charge in [-0.2, -0.15) is 0 Å². The van der Waals surface area contributed by atoms with Gasteiger partial charge >= 0.3 is 0 Å². The average Bonchev–Trinajstić information content (AvgIpc) is 2.44. The molecule has 0 radical (unpaired) electrons. The summed E-state index contributed by atoms with van der Waals surface area (Å²) in [5, 5.41) is 9.31. The van der Waals surface area contributed by atoms with E-state index in [1.165, 1.54) is 19.3 Å². The van der Waals surface area contributed by atoms with Crippen LogP contribution in [-0.2, 0) is 4.79 Å².